The summed E-state index contributed by atoms with van der Waals surface area (Å²) in [5.41, 5.74) is 1.28. The predicted octanol–water partition coefficient (Wildman–Crippen LogP) is 4.24. The molecule has 8 nitrogen and oxygen atoms in total. The molecule has 2 amide bonds. The molecule has 0 saturated carbocycles. The quantitative estimate of drug-likeness (QED) is 0.312. The monoisotopic (exact) mass is 510 g/mol. The Morgan fingerprint density at radius 2 is 2.09 bits per heavy atom. The maximum Gasteiger partial charge on any atom is 0.251 e. The van der Waals surface area contributed by atoms with Crippen LogP contribution in [0.25, 0.3) is 0 Å². The SMILES string of the molecule is C=CCn1c(CCNC(=O)c2ccc(Cl)c(Cl)c2)nnc1SCC(=O)Nc1nc(C)cs1. The molecule has 0 atom stereocenters. The number of hydrogen-bond donors (Lipinski definition) is 2. The van der Waals surface area contributed by atoms with Crippen LogP contribution >= 0.6 is 46.3 Å². The first-order valence-corrected chi connectivity index (χ1v) is 12.1. The number of thiazole rings is 1. The number of amides is 2. The largest absolute Gasteiger partial charge is 0.352 e. The fourth-order valence-corrected chi connectivity index (χ4v) is 4.42. The molecule has 168 valence electrons. The van der Waals surface area contributed by atoms with Gasteiger partial charge in [0.05, 0.1) is 21.5 Å². The summed E-state index contributed by atoms with van der Waals surface area (Å²) in [4.78, 5) is 28.7. The Labute approximate surface area is 203 Å². The van der Waals surface area contributed by atoms with Gasteiger partial charge in [0.1, 0.15) is 5.82 Å². The van der Waals surface area contributed by atoms with E-state index in [1.807, 2.05) is 16.9 Å². The third kappa shape index (κ3) is 6.55. The van der Waals surface area contributed by atoms with Crippen LogP contribution < -0.4 is 10.6 Å². The summed E-state index contributed by atoms with van der Waals surface area (Å²) in [5, 5.41) is 17.7. The first-order chi connectivity index (χ1) is 15.4. The van der Waals surface area contributed by atoms with Crippen molar-refractivity contribution in [3.05, 3.63) is 63.4 Å². The van der Waals surface area contributed by atoms with E-state index in [4.69, 9.17) is 23.2 Å². The summed E-state index contributed by atoms with van der Waals surface area (Å²) in [7, 11) is 0. The van der Waals surface area contributed by atoms with Crippen LogP contribution in [0.4, 0.5) is 5.13 Å². The van der Waals surface area contributed by atoms with E-state index in [2.05, 4.69) is 32.4 Å². The Kier molecular flexibility index (Phi) is 8.68. The van der Waals surface area contributed by atoms with E-state index in [9.17, 15) is 9.59 Å². The maximum absolute atomic E-state index is 12.3. The van der Waals surface area contributed by atoms with Gasteiger partial charge in [-0.2, -0.15) is 0 Å². The normalized spacial score (nSPS) is 10.7. The first-order valence-electron chi connectivity index (χ1n) is 9.48. The van der Waals surface area contributed by atoms with Gasteiger partial charge < -0.3 is 15.2 Å². The second-order valence-electron chi connectivity index (χ2n) is 6.56. The minimum Gasteiger partial charge on any atom is -0.352 e. The molecule has 1 aromatic carbocycles. The van der Waals surface area contributed by atoms with Gasteiger partial charge in [-0.1, -0.05) is 41.0 Å². The van der Waals surface area contributed by atoms with Crippen LogP contribution in [0, 0.1) is 6.92 Å². The van der Waals surface area contributed by atoms with Gasteiger partial charge in [0.2, 0.25) is 5.91 Å². The summed E-state index contributed by atoms with van der Waals surface area (Å²) in [6.07, 6.45) is 2.18. The van der Waals surface area contributed by atoms with Gasteiger partial charge in [0.25, 0.3) is 5.91 Å². The molecule has 12 heteroatoms. The Hall–Kier alpha value is -2.40. The Bertz CT molecular complexity index is 1130. The van der Waals surface area contributed by atoms with Gasteiger partial charge in [-0.15, -0.1) is 28.1 Å². The molecule has 0 aliphatic rings. The van der Waals surface area contributed by atoms with Crippen molar-refractivity contribution in [1.82, 2.24) is 25.1 Å². The zero-order valence-electron chi connectivity index (χ0n) is 17.1. The molecule has 0 aliphatic heterocycles. The van der Waals surface area contributed by atoms with Crippen molar-refractivity contribution < 1.29 is 9.59 Å². The topological polar surface area (TPSA) is 102 Å². The molecule has 0 unspecified atom stereocenters. The molecule has 0 saturated heterocycles. The van der Waals surface area contributed by atoms with E-state index in [0.29, 0.717) is 51.2 Å². The van der Waals surface area contributed by atoms with E-state index in [0.717, 1.165) is 5.69 Å². The number of anilines is 1. The Morgan fingerprint density at radius 1 is 1.28 bits per heavy atom. The molecule has 2 heterocycles. The van der Waals surface area contributed by atoms with Crippen molar-refractivity contribution in [3.63, 3.8) is 0 Å². The lowest BCUT2D eigenvalue weighted by molar-refractivity contribution is -0.113. The highest BCUT2D eigenvalue weighted by Crippen LogP contribution is 2.23. The number of nitrogens with one attached hydrogen (secondary N) is 2. The van der Waals surface area contributed by atoms with E-state index in [1.165, 1.54) is 29.2 Å². The van der Waals surface area contributed by atoms with Gasteiger partial charge in [0, 0.05) is 30.5 Å². The molecule has 3 aromatic rings. The van der Waals surface area contributed by atoms with E-state index in [-0.39, 0.29) is 17.6 Å². The number of nitrogens with zero attached hydrogens (tertiary/aromatic N) is 4. The number of rotatable bonds is 10. The average molecular weight is 511 g/mol. The lowest BCUT2D eigenvalue weighted by atomic mass is 10.2. The Balaban J connectivity index is 1.55. The summed E-state index contributed by atoms with van der Waals surface area (Å²) in [5.74, 6) is 0.412. The number of thioether (sulfide) groups is 1. The van der Waals surface area contributed by atoms with E-state index in [1.54, 1.807) is 18.2 Å². The Morgan fingerprint density at radius 3 is 2.78 bits per heavy atom. The van der Waals surface area contributed by atoms with Crippen molar-refractivity contribution in [2.75, 3.05) is 17.6 Å². The predicted molar refractivity (Wildman–Crippen MR) is 129 cm³/mol. The van der Waals surface area contributed by atoms with Crippen LogP contribution in [0.15, 0.2) is 41.4 Å². The number of carbonyl (C=O) groups excluding carboxylic acids is 2. The summed E-state index contributed by atoms with van der Waals surface area (Å²) < 4.78 is 1.86. The van der Waals surface area contributed by atoms with Crippen molar-refractivity contribution in [2.45, 2.75) is 25.0 Å². The van der Waals surface area contributed by atoms with Crippen LogP contribution in [-0.2, 0) is 17.8 Å². The zero-order chi connectivity index (χ0) is 23.1. The van der Waals surface area contributed by atoms with Gasteiger partial charge in [-0.05, 0) is 25.1 Å². The van der Waals surface area contributed by atoms with Crippen molar-refractivity contribution >= 4 is 63.2 Å². The number of benzene rings is 1. The van der Waals surface area contributed by atoms with Crippen molar-refractivity contribution in [1.29, 1.82) is 0 Å². The van der Waals surface area contributed by atoms with Crippen LogP contribution in [0.5, 0.6) is 0 Å². The average Bonchev–Trinajstić information content (AvgIpc) is 3.34. The third-order valence-electron chi connectivity index (χ3n) is 4.12. The standard InChI is InChI=1S/C20H20Cl2N6O2S2/c1-3-8-28-16(6-7-23-18(30)13-4-5-14(21)15(22)9-13)26-27-20(28)32-11-17(29)25-19-24-12(2)10-31-19/h3-5,9-10H,1,6-8,11H2,2H3,(H,23,30)(H,24,25,29). The number of halogens is 2. The van der Waals surface area contributed by atoms with Gasteiger partial charge in [0.15, 0.2) is 10.3 Å². The maximum atomic E-state index is 12.3. The number of allylic oxidation sites excluding steroid dienone is 1. The highest BCUT2D eigenvalue weighted by Gasteiger charge is 2.15. The fraction of sp³-hybridized carbons (Fsp3) is 0.250. The fourth-order valence-electron chi connectivity index (χ4n) is 2.65. The zero-order valence-corrected chi connectivity index (χ0v) is 20.2. The number of carbonyl (C=O) groups is 2. The van der Waals surface area contributed by atoms with Crippen LogP contribution in [0.3, 0.4) is 0 Å². The lowest BCUT2D eigenvalue weighted by Gasteiger charge is -2.09. The second-order valence-corrected chi connectivity index (χ2v) is 9.18. The molecule has 0 radical (unpaired) electrons. The van der Waals surface area contributed by atoms with E-state index < -0.39 is 0 Å². The van der Waals surface area contributed by atoms with Crippen molar-refractivity contribution in [2.24, 2.45) is 0 Å². The van der Waals surface area contributed by atoms with Gasteiger partial charge in [-0.3, -0.25) is 9.59 Å². The highest BCUT2D eigenvalue weighted by atomic mass is 35.5. The van der Waals surface area contributed by atoms with Crippen LogP contribution in [-0.4, -0.2) is 43.9 Å². The molecule has 2 aromatic heterocycles. The van der Waals surface area contributed by atoms with Crippen LogP contribution in [0.1, 0.15) is 21.9 Å². The van der Waals surface area contributed by atoms with Gasteiger partial charge in [-0.25, -0.2) is 4.98 Å². The van der Waals surface area contributed by atoms with E-state index >= 15 is 0 Å². The molecule has 3 rings (SSSR count). The first kappa shape index (κ1) is 24.2. The molecule has 0 fully saturated rings. The highest BCUT2D eigenvalue weighted by molar-refractivity contribution is 7.99. The molecule has 0 spiro atoms. The lowest BCUT2D eigenvalue weighted by Crippen LogP contribution is -2.26. The molecule has 0 bridgehead atoms. The number of aromatic nitrogens is 4. The molecular formula is C20H20Cl2N6O2S2. The number of aryl methyl sites for hydroxylation is 1. The minimum atomic E-state index is -0.262. The molecule has 32 heavy (non-hydrogen) atoms. The summed E-state index contributed by atoms with van der Waals surface area (Å²) in [6, 6.07) is 4.71. The molecule has 2 N–H and O–H groups in total. The van der Waals surface area contributed by atoms with Gasteiger partial charge >= 0.3 is 0 Å². The van der Waals surface area contributed by atoms with Crippen LogP contribution in [0.2, 0.25) is 10.0 Å². The summed E-state index contributed by atoms with van der Waals surface area (Å²) >= 11 is 14.5. The second kappa shape index (κ2) is 11.5. The molecule has 0 aliphatic carbocycles. The van der Waals surface area contributed by atoms with Crippen molar-refractivity contribution in [3.8, 4) is 0 Å². The third-order valence-corrected chi connectivity index (χ3v) is 6.70. The minimum absolute atomic E-state index is 0.169. The number of hydrogen-bond acceptors (Lipinski definition) is 7. The summed E-state index contributed by atoms with van der Waals surface area (Å²) in [6.45, 7) is 6.47. The molecular weight excluding hydrogens is 491 g/mol. The smallest absolute Gasteiger partial charge is 0.251 e.